The summed E-state index contributed by atoms with van der Waals surface area (Å²) in [5.74, 6) is 1.84. The molecule has 0 spiro atoms. The summed E-state index contributed by atoms with van der Waals surface area (Å²) in [6.07, 6.45) is 6.36. The first-order valence-electron chi connectivity index (χ1n) is 11.2. The maximum absolute atomic E-state index is 12.5. The van der Waals surface area contributed by atoms with Gasteiger partial charge in [0.05, 0.1) is 13.2 Å². The maximum Gasteiger partial charge on any atom is 0.236 e. The van der Waals surface area contributed by atoms with Crippen molar-refractivity contribution >= 4 is 35.8 Å². The first kappa shape index (κ1) is 25.6. The molecule has 0 bridgehead atoms. The van der Waals surface area contributed by atoms with E-state index in [1.807, 2.05) is 30.3 Å². The van der Waals surface area contributed by atoms with Gasteiger partial charge in [-0.15, -0.1) is 24.0 Å². The first-order valence-corrected chi connectivity index (χ1v) is 11.2. The Bertz CT molecular complexity index is 686. The Kier molecular flexibility index (Phi) is 11.3. The van der Waals surface area contributed by atoms with Gasteiger partial charge in [0.15, 0.2) is 5.96 Å². The standard InChI is InChI=1S/C22H36N6O2.HI/c1-3-15-30-20-8-7-19(16-24-20)17-25-22(23-2)28-13-11-26(12-14-28)18-21(29)27-9-5-4-6-10-27;/h7-8,16H,3-6,9-15,17-18H2,1-2H3,(H,23,25);1H. The molecule has 9 heteroatoms. The molecule has 0 radical (unpaired) electrons. The molecule has 8 nitrogen and oxygen atoms in total. The van der Waals surface area contributed by atoms with E-state index in [-0.39, 0.29) is 29.9 Å². The largest absolute Gasteiger partial charge is 0.478 e. The van der Waals surface area contributed by atoms with Crippen molar-refractivity contribution in [2.24, 2.45) is 4.99 Å². The van der Waals surface area contributed by atoms with Crippen LogP contribution in [0.25, 0.3) is 0 Å². The van der Waals surface area contributed by atoms with E-state index in [2.05, 4.69) is 32.0 Å². The molecular weight excluding hydrogens is 507 g/mol. The summed E-state index contributed by atoms with van der Waals surface area (Å²) >= 11 is 0. The van der Waals surface area contributed by atoms with Gasteiger partial charge in [0.25, 0.3) is 0 Å². The Hall–Kier alpha value is -1.62. The number of piperazine rings is 1. The molecule has 1 N–H and O–H groups in total. The average molecular weight is 544 g/mol. The van der Waals surface area contributed by atoms with Crippen molar-refractivity contribution in [1.29, 1.82) is 0 Å². The predicted molar refractivity (Wildman–Crippen MR) is 134 cm³/mol. The van der Waals surface area contributed by atoms with Gasteiger partial charge in [0, 0.05) is 65.1 Å². The number of amides is 1. The van der Waals surface area contributed by atoms with E-state index >= 15 is 0 Å². The van der Waals surface area contributed by atoms with Gasteiger partial charge in [0.2, 0.25) is 11.8 Å². The third-order valence-electron chi connectivity index (χ3n) is 5.65. The van der Waals surface area contributed by atoms with Gasteiger partial charge in [-0.3, -0.25) is 14.7 Å². The number of halogens is 1. The molecule has 2 aliphatic rings. The van der Waals surface area contributed by atoms with Crippen LogP contribution in [0, 0.1) is 0 Å². The van der Waals surface area contributed by atoms with Gasteiger partial charge in [0.1, 0.15) is 0 Å². The summed E-state index contributed by atoms with van der Waals surface area (Å²) in [4.78, 5) is 27.8. The quantitative estimate of drug-likeness (QED) is 0.323. The van der Waals surface area contributed by atoms with Crippen molar-refractivity contribution in [3.63, 3.8) is 0 Å². The number of aromatic nitrogens is 1. The van der Waals surface area contributed by atoms with Crippen LogP contribution in [-0.2, 0) is 11.3 Å². The second kappa shape index (κ2) is 13.7. The van der Waals surface area contributed by atoms with Crippen molar-refractivity contribution < 1.29 is 9.53 Å². The molecule has 1 aromatic heterocycles. The number of nitrogens with one attached hydrogen (secondary N) is 1. The highest BCUT2D eigenvalue weighted by Crippen LogP contribution is 2.11. The zero-order valence-corrected chi connectivity index (χ0v) is 21.2. The van der Waals surface area contributed by atoms with Crippen LogP contribution in [0.1, 0.15) is 38.2 Å². The van der Waals surface area contributed by atoms with E-state index in [1.165, 1.54) is 6.42 Å². The van der Waals surface area contributed by atoms with Gasteiger partial charge in [-0.1, -0.05) is 13.0 Å². The van der Waals surface area contributed by atoms with Gasteiger partial charge >= 0.3 is 0 Å². The fourth-order valence-corrected chi connectivity index (χ4v) is 3.87. The molecule has 0 unspecified atom stereocenters. The smallest absolute Gasteiger partial charge is 0.236 e. The van der Waals surface area contributed by atoms with Crippen LogP contribution in [0.3, 0.4) is 0 Å². The predicted octanol–water partition coefficient (Wildman–Crippen LogP) is 2.19. The molecule has 31 heavy (non-hydrogen) atoms. The van der Waals surface area contributed by atoms with Gasteiger partial charge in [-0.2, -0.15) is 0 Å². The SMILES string of the molecule is CCCOc1ccc(CNC(=NC)N2CCN(CC(=O)N3CCCCC3)CC2)cn1.I. The van der Waals surface area contributed by atoms with Crippen LogP contribution in [0.2, 0.25) is 0 Å². The van der Waals surface area contributed by atoms with E-state index in [0.29, 0.717) is 25.6 Å². The van der Waals surface area contributed by atoms with Gasteiger partial charge in [-0.25, -0.2) is 4.98 Å². The minimum atomic E-state index is 0. The van der Waals surface area contributed by atoms with E-state index in [9.17, 15) is 4.79 Å². The third kappa shape index (κ3) is 8.10. The fourth-order valence-electron chi connectivity index (χ4n) is 3.87. The van der Waals surface area contributed by atoms with E-state index < -0.39 is 0 Å². The maximum atomic E-state index is 12.5. The Morgan fingerprint density at radius 2 is 1.84 bits per heavy atom. The van der Waals surface area contributed by atoms with Crippen LogP contribution in [0.15, 0.2) is 23.3 Å². The highest BCUT2D eigenvalue weighted by Gasteiger charge is 2.24. The summed E-state index contributed by atoms with van der Waals surface area (Å²) in [5, 5.41) is 3.43. The monoisotopic (exact) mass is 544 g/mol. The lowest BCUT2D eigenvalue weighted by molar-refractivity contribution is -0.133. The van der Waals surface area contributed by atoms with E-state index in [1.54, 1.807) is 0 Å². The lowest BCUT2D eigenvalue weighted by Gasteiger charge is -2.37. The molecule has 174 valence electrons. The summed E-state index contributed by atoms with van der Waals surface area (Å²) in [6.45, 7) is 9.33. The zero-order chi connectivity index (χ0) is 21.2. The number of aliphatic imine (C=N–C) groups is 1. The number of likely N-dealkylation sites (tertiary alicyclic amines) is 1. The second-order valence-corrected chi connectivity index (χ2v) is 7.96. The Morgan fingerprint density at radius 1 is 1.10 bits per heavy atom. The van der Waals surface area contributed by atoms with Gasteiger partial charge in [-0.05, 0) is 31.2 Å². The number of ether oxygens (including phenoxy) is 1. The fraction of sp³-hybridized carbons (Fsp3) is 0.682. The Morgan fingerprint density at radius 3 is 2.45 bits per heavy atom. The number of pyridine rings is 1. The van der Waals surface area contributed by atoms with Crippen LogP contribution in [-0.4, -0.2) is 91.0 Å². The highest BCUT2D eigenvalue weighted by molar-refractivity contribution is 14.0. The molecule has 2 fully saturated rings. The summed E-state index contributed by atoms with van der Waals surface area (Å²) in [6, 6.07) is 3.94. The van der Waals surface area contributed by atoms with Crippen molar-refractivity contribution in [2.75, 3.05) is 59.5 Å². The van der Waals surface area contributed by atoms with Crippen LogP contribution in [0.4, 0.5) is 0 Å². The molecule has 0 saturated carbocycles. The Labute approximate surface area is 203 Å². The number of hydrogen-bond donors (Lipinski definition) is 1. The van der Waals surface area contributed by atoms with Gasteiger partial charge < -0.3 is 19.9 Å². The minimum absolute atomic E-state index is 0. The molecule has 1 aromatic rings. The van der Waals surface area contributed by atoms with Crippen LogP contribution in [0.5, 0.6) is 5.88 Å². The normalized spacial score (nSPS) is 17.8. The summed E-state index contributed by atoms with van der Waals surface area (Å²) < 4.78 is 5.53. The van der Waals surface area contributed by atoms with Crippen molar-refractivity contribution in [2.45, 2.75) is 39.2 Å². The molecular formula is C22H37IN6O2. The van der Waals surface area contributed by atoms with Crippen molar-refractivity contribution in [3.05, 3.63) is 23.9 Å². The number of rotatable bonds is 7. The first-order chi connectivity index (χ1) is 14.7. The third-order valence-corrected chi connectivity index (χ3v) is 5.65. The molecule has 2 saturated heterocycles. The molecule has 1 amide bonds. The molecule has 3 rings (SSSR count). The number of hydrogen-bond acceptors (Lipinski definition) is 5. The minimum Gasteiger partial charge on any atom is -0.478 e. The zero-order valence-electron chi connectivity index (χ0n) is 18.9. The van der Waals surface area contributed by atoms with Crippen molar-refractivity contribution in [1.82, 2.24) is 25.0 Å². The number of carbonyl (C=O) groups excluding carboxylic acids is 1. The number of guanidine groups is 1. The van der Waals surface area contributed by atoms with Crippen LogP contribution >= 0.6 is 24.0 Å². The molecule has 2 aliphatic heterocycles. The van der Waals surface area contributed by atoms with E-state index in [4.69, 9.17) is 4.74 Å². The lowest BCUT2D eigenvalue weighted by Crippen LogP contribution is -2.54. The summed E-state index contributed by atoms with van der Waals surface area (Å²) in [5.41, 5.74) is 1.09. The topological polar surface area (TPSA) is 73.3 Å². The second-order valence-electron chi connectivity index (χ2n) is 7.96. The molecule has 0 aromatic carbocycles. The number of carbonyl (C=O) groups is 1. The van der Waals surface area contributed by atoms with E-state index in [0.717, 1.165) is 70.1 Å². The molecule has 3 heterocycles. The average Bonchev–Trinajstić information content (AvgIpc) is 2.80. The summed E-state index contributed by atoms with van der Waals surface area (Å²) in [7, 11) is 1.81. The number of piperidine rings is 1. The highest BCUT2D eigenvalue weighted by atomic mass is 127. The van der Waals surface area contributed by atoms with Crippen LogP contribution < -0.4 is 10.1 Å². The lowest BCUT2D eigenvalue weighted by atomic mass is 10.1. The number of nitrogens with zero attached hydrogens (tertiary/aromatic N) is 5. The van der Waals surface area contributed by atoms with Crippen molar-refractivity contribution in [3.8, 4) is 5.88 Å². The Balaban J connectivity index is 0.00000341. The molecule has 0 aliphatic carbocycles. The molecule has 0 atom stereocenters.